The van der Waals surface area contributed by atoms with Crippen molar-refractivity contribution in [3.8, 4) is 0 Å². The molecule has 0 aromatic carbocycles. The standard InChI is InChI=1S/C10H16F2N2O/c1-14(8-2-3-13-6-8)9(15)7-4-10(11,12)5-7/h7-8,13H,2-6H2,1H3. The third-order valence-electron chi connectivity index (χ3n) is 3.37. The van der Waals surface area contributed by atoms with Crippen molar-refractivity contribution in [2.45, 2.75) is 31.2 Å². The van der Waals surface area contributed by atoms with Gasteiger partial charge in [0.1, 0.15) is 0 Å². The molecule has 1 unspecified atom stereocenters. The van der Waals surface area contributed by atoms with Crippen molar-refractivity contribution in [3.05, 3.63) is 0 Å². The van der Waals surface area contributed by atoms with E-state index >= 15 is 0 Å². The van der Waals surface area contributed by atoms with Gasteiger partial charge < -0.3 is 10.2 Å². The largest absolute Gasteiger partial charge is 0.341 e. The van der Waals surface area contributed by atoms with E-state index in [0.29, 0.717) is 0 Å². The average Bonchev–Trinajstić information content (AvgIpc) is 2.64. The topological polar surface area (TPSA) is 32.3 Å². The first-order valence-electron chi connectivity index (χ1n) is 5.35. The quantitative estimate of drug-likeness (QED) is 0.745. The molecule has 1 saturated heterocycles. The Hall–Kier alpha value is -0.710. The van der Waals surface area contributed by atoms with Gasteiger partial charge >= 0.3 is 0 Å². The number of nitrogens with zero attached hydrogens (tertiary/aromatic N) is 1. The molecule has 1 aliphatic heterocycles. The maximum Gasteiger partial charge on any atom is 0.249 e. The molecule has 5 heteroatoms. The van der Waals surface area contributed by atoms with Crippen LogP contribution >= 0.6 is 0 Å². The van der Waals surface area contributed by atoms with Crippen LogP contribution in [0.25, 0.3) is 0 Å². The number of halogens is 2. The number of rotatable bonds is 2. The molecule has 1 amide bonds. The molecular weight excluding hydrogens is 202 g/mol. The van der Waals surface area contributed by atoms with Gasteiger partial charge in [-0.05, 0) is 13.0 Å². The number of hydrogen-bond acceptors (Lipinski definition) is 2. The lowest BCUT2D eigenvalue weighted by Gasteiger charge is -2.37. The van der Waals surface area contributed by atoms with Crippen LogP contribution in [0.5, 0.6) is 0 Å². The van der Waals surface area contributed by atoms with Gasteiger partial charge in [0.05, 0.1) is 0 Å². The molecule has 2 aliphatic rings. The molecule has 15 heavy (non-hydrogen) atoms. The van der Waals surface area contributed by atoms with Crippen LogP contribution in [0.2, 0.25) is 0 Å². The van der Waals surface area contributed by atoms with Gasteiger partial charge in [-0.1, -0.05) is 0 Å². The molecule has 1 saturated carbocycles. The second-order valence-electron chi connectivity index (χ2n) is 4.56. The van der Waals surface area contributed by atoms with E-state index in [4.69, 9.17) is 0 Å². The molecule has 1 aliphatic carbocycles. The number of carbonyl (C=O) groups excluding carboxylic acids is 1. The minimum Gasteiger partial charge on any atom is -0.341 e. The highest BCUT2D eigenvalue weighted by Crippen LogP contribution is 2.43. The Bertz CT molecular complexity index is 256. The lowest BCUT2D eigenvalue weighted by atomic mass is 9.80. The summed E-state index contributed by atoms with van der Waals surface area (Å²) < 4.78 is 25.2. The molecule has 86 valence electrons. The van der Waals surface area contributed by atoms with E-state index in [-0.39, 0.29) is 24.8 Å². The Kier molecular flexibility index (Phi) is 2.66. The van der Waals surface area contributed by atoms with Crippen molar-refractivity contribution in [2.75, 3.05) is 20.1 Å². The van der Waals surface area contributed by atoms with Gasteiger partial charge in [-0.15, -0.1) is 0 Å². The van der Waals surface area contributed by atoms with Gasteiger partial charge in [-0.3, -0.25) is 4.79 Å². The van der Waals surface area contributed by atoms with E-state index in [9.17, 15) is 13.6 Å². The van der Waals surface area contributed by atoms with Crippen molar-refractivity contribution >= 4 is 5.91 Å². The smallest absolute Gasteiger partial charge is 0.249 e. The number of nitrogens with one attached hydrogen (secondary N) is 1. The maximum absolute atomic E-state index is 12.6. The molecule has 2 rings (SSSR count). The van der Waals surface area contributed by atoms with Crippen molar-refractivity contribution in [1.29, 1.82) is 0 Å². The Morgan fingerprint density at radius 1 is 1.47 bits per heavy atom. The molecule has 0 aromatic rings. The van der Waals surface area contributed by atoms with E-state index in [1.807, 2.05) is 0 Å². The highest BCUT2D eigenvalue weighted by Gasteiger charge is 2.49. The summed E-state index contributed by atoms with van der Waals surface area (Å²) in [5, 5.41) is 3.16. The number of hydrogen-bond donors (Lipinski definition) is 1. The fourth-order valence-electron chi connectivity index (χ4n) is 2.27. The van der Waals surface area contributed by atoms with Crippen LogP contribution in [0.1, 0.15) is 19.3 Å². The molecule has 3 nitrogen and oxygen atoms in total. The van der Waals surface area contributed by atoms with Gasteiger partial charge in [-0.25, -0.2) is 8.78 Å². The molecular formula is C10H16F2N2O. The molecule has 1 atom stereocenters. The van der Waals surface area contributed by atoms with Crippen LogP contribution in [0.4, 0.5) is 8.78 Å². The van der Waals surface area contributed by atoms with Crippen LogP contribution in [0.15, 0.2) is 0 Å². The number of amides is 1. The zero-order valence-corrected chi connectivity index (χ0v) is 8.80. The number of carbonyl (C=O) groups is 1. The summed E-state index contributed by atoms with van der Waals surface area (Å²) in [6.45, 7) is 1.69. The Balaban J connectivity index is 1.86. The predicted octanol–water partition coefficient (Wildman–Crippen LogP) is 0.852. The van der Waals surface area contributed by atoms with Gasteiger partial charge in [0.25, 0.3) is 0 Å². The lowest BCUT2D eigenvalue weighted by Crippen LogP contribution is -2.49. The lowest BCUT2D eigenvalue weighted by molar-refractivity contribution is -0.160. The minimum absolute atomic E-state index is 0.116. The normalized spacial score (nSPS) is 29.9. The second kappa shape index (κ2) is 3.70. The Morgan fingerprint density at radius 2 is 2.13 bits per heavy atom. The predicted molar refractivity (Wildman–Crippen MR) is 51.7 cm³/mol. The van der Waals surface area contributed by atoms with Gasteiger partial charge in [0, 0.05) is 38.4 Å². The summed E-state index contributed by atoms with van der Waals surface area (Å²) in [6.07, 6.45) is 0.387. The zero-order chi connectivity index (χ0) is 11.1. The van der Waals surface area contributed by atoms with Crippen molar-refractivity contribution in [2.24, 2.45) is 5.92 Å². The minimum atomic E-state index is -2.60. The second-order valence-corrected chi connectivity index (χ2v) is 4.56. The van der Waals surface area contributed by atoms with Crippen molar-refractivity contribution < 1.29 is 13.6 Å². The molecule has 0 radical (unpaired) electrons. The highest BCUT2D eigenvalue weighted by atomic mass is 19.3. The number of alkyl halides is 2. The first-order chi connectivity index (χ1) is 6.99. The van der Waals surface area contributed by atoms with E-state index in [1.54, 1.807) is 11.9 Å². The molecule has 2 fully saturated rings. The van der Waals surface area contributed by atoms with Crippen LogP contribution in [-0.2, 0) is 4.79 Å². The summed E-state index contributed by atoms with van der Waals surface area (Å²) in [7, 11) is 1.72. The van der Waals surface area contributed by atoms with Crippen LogP contribution in [0, 0.1) is 5.92 Å². The molecule has 0 aromatic heterocycles. The third-order valence-corrected chi connectivity index (χ3v) is 3.37. The summed E-state index contributed by atoms with van der Waals surface area (Å²) >= 11 is 0. The van der Waals surface area contributed by atoms with E-state index in [2.05, 4.69) is 5.32 Å². The summed E-state index contributed by atoms with van der Waals surface area (Å²) in [5.74, 6) is -3.17. The summed E-state index contributed by atoms with van der Waals surface area (Å²) in [5.41, 5.74) is 0. The Labute approximate surface area is 87.8 Å². The molecule has 1 heterocycles. The fraction of sp³-hybridized carbons (Fsp3) is 0.900. The van der Waals surface area contributed by atoms with E-state index < -0.39 is 11.8 Å². The fourth-order valence-corrected chi connectivity index (χ4v) is 2.27. The highest BCUT2D eigenvalue weighted by molar-refractivity contribution is 5.80. The van der Waals surface area contributed by atoms with Gasteiger partial charge in [-0.2, -0.15) is 0 Å². The van der Waals surface area contributed by atoms with Crippen LogP contribution in [0.3, 0.4) is 0 Å². The van der Waals surface area contributed by atoms with Crippen LogP contribution in [-0.4, -0.2) is 42.9 Å². The SMILES string of the molecule is CN(C(=O)C1CC(F)(F)C1)C1CCNC1. The zero-order valence-electron chi connectivity index (χ0n) is 8.80. The average molecular weight is 218 g/mol. The molecule has 0 bridgehead atoms. The monoisotopic (exact) mass is 218 g/mol. The maximum atomic E-state index is 12.6. The Morgan fingerprint density at radius 3 is 2.60 bits per heavy atom. The van der Waals surface area contributed by atoms with Crippen molar-refractivity contribution in [3.63, 3.8) is 0 Å². The van der Waals surface area contributed by atoms with E-state index in [0.717, 1.165) is 19.5 Å². The molecule has 1 N–H and O–H groups in total. The van der Waals surface area contributed by atoms with Crippen LogP contribution < -0.4 is 5.32 Å². The number of likely N-dealkylation sites (N-methyl/N-ethyl adjacent to an activating group) is 1. The van der Waals surface area contributed by atoms with Crippen molar-refractivity contribution in [1.82, 2.24) is 10.2 Å². The van der Waals surface area contributed by atoms with Gasteiger partial charge in [0.2, 0.25) is 11.8 Å². The third kappa shape index (κ3) is 2.12. The van der Waals surface area contributed by atoms with Gasteiger partial charge in [0.15, 0.2) is 0 Å². The summed E-state index contributed by atoms with van der Waals surface area (Å²) in [6, 6.07) is 0.187. The first-order valence-corrected chi connectivity index (χ1v) is 5.35. The summed E-state index contributed by atoms with van der Waals surface area (Å²) in [4.78, 5) is 13.4. The molecule has 0 spiro atoms. The first kappa shape index (κ1) is 10.8. The van der Waals surface area contributed by atoms with E-state index in [1.165, 1.54) is 0 Å².